The number of para-hydroxylation sites is 3. The van der Waals surface area contributed by atoms with Gasteiger partial charge in [0.05, 0.1) is 11.4 Å². The molecule has 0 aliphatic heterocycles. The molecule has 0 radical (unpaired) electrons. The normalized spacial score (nSPS) is 11.4. The first-order valence-electron chi connectivity index (χ1n) is 24.0. The fourth-order valence-corrected chi connectivity index (χ4v) is 10.6. The molecule has 0 aliphatic rings. The summed E-state index contributed by atoms with van der Waals surface area (Å²) in [6.07, 6.45) is 0. The quantitative estimate of drug-likeness (QED) is 0.134. The van der Waals surface area contributed by atoms with E-state index in [1.807, 2.05) is 6.07 Å². The van der Waals surface area contributed by atoms with Gasteiger partial charge in [0.1, 0.15) is 11.2 Å². The summed E-state index contributed by atoms with van der Waals surface area (Å²) < 4.78 is 6.75. The Morgan fingerprint density at radius 3 is 1.54 bits per heavy atom. The lowest BCUT2D eigenvalue weighted by molar-refractivity contribution is 0.670. The molecule has 0 aliphatic carbocycles. The van der Waals surface area contributed by atoms with Crippen LogP contribution in [0, 0.1) is 0 Å². The van der Waals surface area contributed by atoms with Gasteiger partial charge < -0.3 is 9.32 Å². The highest BCUT2D eigenvalue weighted by Crippen LogP contribution is 2.49. The third-order valence-electron chi connectivity index (χ3n) is 13.9. The maximum absolute atomic E-state index is 6.75. The van der Waals surface area contributed by atoms with E-state index in [4.69, 9.17) is 4.42 Å². The second-order valence-electron chi connectivity index (χ2n) is 18.0. The van der Waals surface area contributed by atoms with Crippen molar-refractivity contribution in [1.82, 2.24) is 0 Å². The molecule has 0 amide bonds. The Kier molecular flexibility index (Phi) is 10.2. The summed E-state index contributed by atoms with van der Waals surface area (Å²) in [7, 11) is 0. The maximum Gasteiger partial charge on any atom is 0.143 e. The molecule has 328 valence electrons. The van der Waals surface area contributed by atoms with Crippen LogP contribution in [0.3, 0.4) is 0 Å². The van der Waals surface area contributed by atoms with Crippen molar-refractivity contribution >= 4 is 60.5 Å². The van der Waals surface area contributed by atoms with Crippen LogP contribution in [0.4, 0.5) is 17.1 Å². The summed E-state index contributed by atoms with van der Waals surface area (Å²) >= 11 is 0. The molecule has 1 aromatic heterocycles. The molecule has 2 nitrogen and oxygen atoms in total. The fraction of sp³-hybridized carbons (Fsp3) is 0. The first kappa shape index (κ1) is 41.0. The molecule has 0 unspecified atom stereocenters. The lowest BCUT2D eigenvalue weighted by Crippen LogP contribution is -2.13. The van der Waals surface area contributed by atoms with Gasteiger partial charge in [-0.2, -0.15) is 0 Å². The van der Waals surface area contributed by atoms with E-state index in [0.717, 1.165) is 77.9 Å². The van der Waals surface area contributed by atoms with E-state index in [9.17, 15) is 0 Å². The third-order valence-corrected chi connectivity index (χ3v) is 13.9. The van der Waals surface area contributed by atoms with Crippen molar-refractivity contribution in [3.8, 4) is 66.8 Å². The average Bonchev–Trinajstić information content (AvgIpc) is 3.83. The summed E-state index contributed by atoms with van der Waals surface area (Å²) in [5, 5.41) is 7.15. The summed E-state index contributed by atoms with van der Waals surface area (Å²) in [5.41, 5.74) is 18.7. The summed E-state index contributed by atoms with van der Waals surface area (Å²) in [6, 6.07) is 98.8. The molecule has 2 heteroatoms. The SMILES string of the molecule is c1ccc(-c2ccc(-c3ccc(N(c4cc(-c5cc6ccccc6c6ccccc56)ccc4-c4ccccc4)c4ccccc4-c4cccc5c4oc4ccccc45)cc3)cc2-c2ccccc2)cc1. The van der Waals surface area contributed by atoms with E-state index >= 15 is 0 Å². The Hall–Kier alpha value is -9.24. The van der Waals surface area contributed by atoms with Crippen molar-refractivity contribution in [2.45, 2.75) is 0 Å². The Morgan fingerprint density at radius 2 is 0.786 bits per heavy atom. The molecule has 0 fully saturated rings. The van der Waals surface area contributed by atoms with E-state index < -0.39 is 0 Å². The van der Waals surface area contributed by atoms with E-state index in [-0.39, 0.29) is 0 Å². The van der Waals surface area contributed by atoms with Crippen molar-refractivity contribution in [3.63, 3.8) is 0 Å². The lowest BCUT2D eigenvalue weighted by atomic mass is 9.90. The van der Waals surface area contributed by atoms with Crippen molar-refractivity contribution in [1.29, 1.82) is 0 Å². The van der Waals surface area contributed by atoms with Gasteiger partial charge in [0.2, 0.25) is 0 Å². The van der Waals surface area contributed by atoms with Crippen LogP contribution in [0.5, 0.6) is 0 Å². The second-order valence-corrected chi connectivity index (χ2v) is 18.0. The summed E-state index contributed by atoms with van der Waals surface area (Å²) in [6.45, 7) is 0. The van der Waals surface area contributed by atoms with Crippen LogP contribution in [0.25, 0.3) is 110 Å². The number of fused-ring (bicyclic) bond motifs is 6. The number of benzene rings is 12. The summed E-state index contributed by atoms with van der Waals surface area (Å²) in [5.74, 6) is 0. The van der Waals surface area contributed by atoms with Crippen LogP contribution in [-0.4, -0.2) is 0 Å². The average molecular weight is 892 g/mol. The number of hydrogen-bond acceptors (Lipinski definition) is 2. The fourth-order valence-electron chi connectivity index (χ4n) is 10.6. The highest BCUT2D eigenvalue weighted by molar-refractivity contribution is 6.15. The van der Waals surface area contributed by atoms with Crippen LogP contribution in [0.15, 0.2) is 277 Å². The van der Waals surface area contributed by atoms with Crippen LogP contribution in [0.2, 0.25) is 0 Å². The highest BCUT2D eigenvalue weighted by atomic mass is 16.3. The van der Waals surface area contributed by atoms with E-state index in [1.54, 1.807) is 0 Å². The van der Waals surface area contributed by atoms with Crippen LogP contribution in [-0.2, 0) is 0 Å². The van der Waals surface area contributed by atoms with Gasteiger partial charge in [-0.1, -0.05) is 231 Å². The predicted octanol–water partition coefficient (Wildman–Crippen LogP) is 19.4. The van der Waals surface area contributed by atoms with Crippen molar-refractivity contribution < 1.29 is 4.42 Å². The lowest BCUT2D eigenvalue weighted by Gasteiger charge is -2.30. The van der Waals surface area contributed by atoms with E-state index in [1.165, 1.54) is 49.4 Å². The first-order chi connectivity index (χ1) is 34.7. The zero-order valence-electron chi connectivity index (χ0n) is 38.3. The molecule has 13 aromatic rings. The van der Waals surface area contributed by atoms with Gasteiger partial charge in [-0.25, -0.2) is 0 Å². The van der Waals surface area contributed by atoms with Gasteiger partial charge in [-0.3, -0.25) is 0 Å². The van der Waals surface area contributed by atoms with Gasteiger partial charge >= 0.3 is 0 Å². The standard InChI is InChI=1S/C68H45NO/c1-4-19-47(20-5-1)55-41-37-50(43-63(55)49-23-8-3-9-24-49)46-35-39-53(40-36-46)69(65-33-16-14-29-59(65)61-31-18-32-62-60-30-15-17-34-67(60)70-68(61)62)66-45-52(38-42-56(66)48-21-6-2-7-22-48)64-44-51-25-10-11-26-54(51)57-27-12-13-28-58(57)64/h1-45H. The molecule has 0 bridgehead atoms. The summed E-state index contributed by atoms with van der Waals surface area (Å²) in [4.78, 5) is 2.46. The number of hydrogen-bond donors (Lipinski definition) is 0. The Bertz CT molecular complexity index is 4040. The smallest absolute Gasteiger partial charge is 0.143 e. The number of furan rings is 1. The van der Waals surface area contributed by atoms with Crippen LogP contribution >= 0.6 is 0 Å². The third kappa shape index (κ3) is 7.22. The Balaban J connectivity index is 1.04. The van der Waals surface area contributed by atoms with E-state index in [2.05, 4.69) is 272 Å². The van der Waals surface area contributed by atoms with E-state index in [0.29, 0.717) is 0 Å². The first-order valence-corrected chi connectivity index (χ1v) is 24.0. The van der Waals surface area contributed by atoms with Gasteiger partial charge in [0.25, 0.3) is 0 Å². The number of rotatable bonds is 9. The molecule has 0 saturated heterocycles. The zero-order chi connectivity index (χ0) is 46.4. The highest BCUT2D eigenvalue weighted by Gasteiger charge is 2.24. The van der Waals surface area contributed by atoms with Crippen molar-refractivity contribution in [2.75, 3.05) is 4.90 Å². The largest absolute Gasteiger partial charge is 0.455 e. The maximum atomic E-state index is 6.75. The molecule has 1 heterocycles. The van der Waals surface area contributed by atoms with Gasteiger partial charge in [0, 0.05) is 33.2 Å². The molecule has 70 heavy (non-hydrogen) atoms. The minimum Gasteiger partial charge on any atom is -0.455 e. The van der Waals surface area contributed by atoms with Crippen LogP contribution in [0.1, 0.15) is 0 Å². The monoisotopic (exact) mass is 891 g/mol. The van der Waals surface area contributed by atoms with Crippen LogP contribution < -0.4 is 4.90 Å². The minimum absolute atomic E-state index is 0.874. The minimum atomic E-state index is 0.874. The Labute approximate surface area is 407 Å². The molecule has 0 N–H and O–H groups in total. The number of nitrogens with zero attached hydrogens (tertiary/aromatic N) is 1. The zero-order valence-corrected chi connectivity index (χ0v) is 38.3. The van der Waals surface area contributed by atoms with Crippen molar-refractivity contribution in [2.24, 2.45) is 0 Å². The molecular formula is C68H45NO. The predicted molar refractivity (Wildman–Crippen MR) is 296 cm³/mol. The number of anilines is 3. The molecule has 0 atom stereocenters. The molecule has 12 aromatic carbocycles. The molecular weight excluding hydrogens is 847 g/mol. The molecule has 13 rings (SSSR count). The van der Waals surface area contributed by atoms with Crippen molar-refractivity contribution in [3.05, 3.63) is 273 Å². The Morgan fingerprint density at radius 1 is 0.243 bits per heavy atom. The topological polar surface area (TPSA) is 16.4 Å². The molecule has 0 spiro atoms. The van der Waals surface area contributed by atoms with Gasteiger partial charge in [-0.15, -0.1) is 0 Å². The van der Waals surface area contributed by atoms with Gasteiger partial charge in [0.15, 0.2) is 0 Å². The van der Waals surface area contributed by atoms with Gasteiger partial charge in [-0.05, 0) is 114 Å². The molecule has 0 saturated carbocycles. The second kappa shape index (κ2) is 17.4.